The molecule has 0 saturated heterocycles. The van der Waals surface area contributed by atoms with Gasteiger partial charge in [-0.15, -0.1) is 0 Å². The Labute approximate surface area is 378 Å². The maximum absolute atomic E-state index is 12.4. The molecule has 0 saturated carbocycles. The average Bonchev–Trinajstić information content (AvgIpc) is 3.94. The Bertz CT molecular complexity index is 2100. The quantitative estimate of drug-likeness (QED) is 0.0499. The number of unbranched alkanes of at least 4 members (excludes halogenated alkanes) is 8. The second-order valence-corrected chi connectivity index (χ2v) is 17.7. The monoisotopic (exact) mass is 884 g/mol. The molecular weight excluding hydrogens is 817 g/mol. The zero-order valence-electron chi connectivity index (χ0n) is 39.1. The third-order valence-electron chi connectivity index (χ3n) is 9.71. The van der Waals surface area contributed by atoms with Gasteiger partial charge in [-0.05, 0) is 104 Å². The molecule has 0 aliphatic carbocycles. The van der Waals surface area contributed by atoms with Crippen molar-refractivity contribution in [2.45, 2.75) is 169 Å². The van der Waals surface area contributed by atoms with Crippen LogP contribution in [0.1, 0.15) is 179 Å². The summed E-state index contributed by atoms with van der Waals surface area (Å²) >= 11 is 0. The van der Waals surface area contributed by atoms with Crippen molar-refractivity contribution in [3.8, 4) is 22.6 Å². The molecular formula is C50H68N4O10. The number of amides is 2. The molecule has 348 valence electrons. The van der Waals surface area contributed by atoms with Crippen LogP contribution >= 0.6 is 0 Å². The Morgan fingerprint density at radius 2 is 0.906 bits per heavy atom. The molecule has 2 aromatic heterocycles. The van der Waals surface area contributed by atoms with Gasteiger partial charge in [0.15, 0.2) is 23.1 Å². The molecule has 0 aliphatic rings. The van der Waals surface area contributed by atoms with E-state index >= 15 is 0 Å². The molecule has 2 N–H and O–H groups in total. The van der Waals surface area contributed by atoms with Crippen LogP contribution in [0.2, 0.25) is 0 Å². The van der Waals surface area contributed by atoms with Crippen molar-refractivity contribution in [1.29, 1.82) is 0 Å². The molecule has 4 rings (SSSR count). The molecule has 4 aromatic rings. The van der Waals surface area contributed by atoms with Gasteiger partial charge in [-0.2, -0.15) is 0 Å². The van der Waals surface area contributed by atoms with Crippen molar-refractivity contribution in [1.82, 2.24) is 10.3 Å². The highest BCUT2D eigenvalue weighted by Crippen LogP contribution is 2.26. The number of anilines is 2. The van der Waals surface area contributed by atoms with E-state index in [2.05, 4.69) is 20.9 Å². The van der Waals surface area contributed by atoms with E-state index in [1.54, 1.807) is 96.1 Å². The van der Waals surface area contributed by atoms with Gasteiger partial charge in [0.05, 0.1) is 0 Å². The first-order valence-corrected chi connectivity index (χ1v) is 22.6. The van der Waals surface area contributed by atoms with Crippen molar-refractivity contribution < 1.29 is 47.3 Å². The molecule has 0 bridgehead atoms. The molecule has 0 spiro atoms. The lowest BCUT2D eigenvalue weighted by atomic mass is 10.0. The van der Waals surface area contributed by atoms with Crippen molar-refractivity contribution in [3.05, 3.63) is 72.1 Å². The molecule has 0 aliphatic heterocycles. The number of hydrogen-bond donors (Lipinski definition) is 2. The molecule has 2 aromatic carbocycles. The standard InChI is InChI=1S/2C25H34N2O5/c1-5-20(28)14-9-7-6-8-10-15-22(29)21-17-23(32-27-21)18-12-11-13-19(16-18)26-24(30)31-25(2,3)4;1-5-20(28)11-9-7-6-8-10-12-22(29)21-17-23(32-27-21)18-13-15-19(16-14-18)26-24(30)31-25(2,3)4/h11-13,16-17H,5-10,14-15H2,1-4H3,(H,26,30);13-17H,5-12H2,1-4H3,(H,26,30). The molecule has 64 heavy (non-hydrogen) atoms. The van der Waals surface area contributed by atoms with Gasteiger partial charge >= 0.3 is 12.2 Å². The summed E-state index contributed by atoms with van der Waals surface area (Å²) in [6.07, 6.45) is 11.8. The van der Waals surface area contributed by atoms with Crippen molar-refractivity contribution in [3.63, 3.8) is 0 Å². The fraction of sp³-hybridized carbons (Fsp3) is 0.520. The Kier molecular flexibility index (Phi) is 21.8. The number of ketones is 4. The lowest BCUT2D eigenvalue weighted by Crippen LogP contribution is -2.27. The van der Waals surface area contributed by atoms with Crippen LogP contribution in [0.25, 0.3) is 22.6 Å². The molecule has 2 amide bonds. The molecule has 0 atom stereocenters. The van der Waals surface area contributed by atoms with Crippen LogP contribution in [0.4, 0.5) is 21.0 Å². The highest BCUT2D eigenvalue weighted by atomic mass is 16.6. The third-order valence-corrected chi connectivity index (χ3v) is 9.71. The van der Waals surface area contributed by atoms with Gasteiger partial charge in [0.25, 0.3) is 0 Å². The molecule has 0 unspecified atom stereocenters. The third kappa shape index (κ3) is 21.0. The van der Waals surface area contributed by atoms with Gasteiger partial charge in [-0.3, -0.25) is 29.8 Å². The number of Topliss-reactive ketones (excluding diaryl/α,β-unsaturated/α-hetero) is 4. The van der Waals surface area contributed by atoms with Crippen LogP contribution in [0.5, 0.6) is 0 Å². The van der Waals surface area contributed by atoms with Crippen LogP contribution in [0, 0.1) is 0 Å². The highest BCUT2D eigenvalue weighted by Gasteiger charge is 2.19. The number of aromatic nitrogens is 2. The van der Waals surface area contributed by atoms with Gasteiger partial charge in [0.2, 0.25) is 0 Å². The van der Waals surface area contributed by atoms with Gasteiger partial charge in [0, 0.05) is 73.2 Å². The van der Waals surface area contributed by atoms with Crippen LogP contribution < -0.4 is 10.6 Å². The van der Waals surface area contributed by atoms with E-state index in [-0.39, 0.29) is 11.6 Å². The molecule has 2 heterocycles. The summed E-state index contributed by atoms with van der Waals surface area (Å²) < 4.78 is 21.2. The fourth-order valence-electron chi connectivity index (χ4n) is 6.28. The first-order valence-electron chi connectivity index (χ1n) is 22.6. The van der Waals surface area contributed by atoms with Crippen LogP contribution in [-0.2, 0) is 19.1 Å². The summed E-state index contributed by atoms with van der Waals surface area (Å²) in [5, 5.41) is 13.2. The summed E-state index contributed by atoms with van der Waals surface area (Å²) in [7, 11) is 0. The predicted molar refractivity (Wildman–Crippen MR) is 247 cm³/mol. The zero-order valence-corrected chi connectivity index (χ0v) is 39.1. The fourth-order valence-corrected chi connectivity index (χ4v) is 6.28. The molecule has 14 heteroatoms. The Balaban J connectivity index is 0.000000340. The molecule has 0 fully saturated rings. The number of carbonyl (C=O) groups excluding carboxylic acids is 6. The first-order chi connectivity index (χ1) is 30.3. The predicted octanol–water partition coefficient (Wildman–Crippen LogP) is 13.2. The number of nitrogens with zero attached hydrogens (tertiary/aromatic N) is 2. The van der Waals surface area contributed by atoms with Crippen LogP contribution in [0.15, 0.2) is 69.7 Å². The number of hydrogen-bond acceptors (Lipinski definition) is 12. The summed E-state index contributed by atoms with van der Waals surface area (Å²) in [5.41, 5.74) is 2.08. The van der Waals surface area contributed by atoms with Gasteiger partial charge in [-0.1, -0.05) is 74.8 Å². The van der Waals surface area contributed by atoms with E-state index in [0.717, 1.165) is 69.8 Å². The lowest BCUT2D eigenvalue weighted by molar-refractivity contribution is -0.119. The lowest BCUT2D eigenvalue weighted by Gasteiger charge is -2.19. The number of benzene rings is 2. The van der Waals surface area contributed by atoms with Gasteiger partial charge in [0.1, 0.15) is 34.2 Å². The van der Waals surface area contributed by atoms with Gasteiger partial charge < -0.3 is 18.5 Å². The number of rotatable bonds is 24. The van der Waals surface area contributed by atoms with E-state index in [1.807, 2.05) is 19.9 Å². The second-order valence-electron chi connectivity index (χ2n) is 17.7. The van der Waals surface area contributed by atoms with E-state index in [0.29, 0.717) is 89.9 Å². The Hall–Kier alpha value is -5.92. The zero-order chi connectivity index (χ0) is 47.1. The van der Waals surface area contributed by atoms with Crippen LogP contribution in [-0.4, -0.2) is 56.8 Å². The summed E-state index contributed by atoms with van der Waals surface area (Å²) in [6.45, 7) is 14.6. The summed E-state index contributed by atoms with van der Waals surface area (Å²) in [5.74, 6) is 1.50. The van der Waals surface area contributed by atoms with E-state index < -0.39 is 23.4 Å². The largest absolute Gasteiger partial charge is 0.444 e. The van der Waals surface area contributed by atoms with Crippen molar-refractivity contribution in [2.24, 2.45) is 0 Å². The minimum atomic E-state index is -0.587. The topological polar surface area (TPSA) is 197 Å². The van der Waals surface area contributed by atoms with Crippen molar-refractivity contribution >= 4 is 46.7 Å². The Morgan fingerprint density at radius 3 is 1.34 bits per heavy atom. The maximum atomic E-state index is 12.4. The average molecular weight is 885 g/mol. The normalized spacial score (nSPS) is 11.2. The number of carbonyl (C=O) groups is 6. The van der Waals surface area contributed by atoms with Crippen molar-refractivity contribution in [2.75, 3.05) is 10.6 Å². The number of nitrogens with one attached hydrogen (secondary N) is 2. The smallest absolute Gasteiger partial charge is 0.412 e. The molecule has 0 radical (unpaired) electrons. The minimum absolute atomic E-state index is 0.0376. The van der Waals surface area contributed by atoms with Crippen LogP contribution in [0.3, 0.4) is 0 Å². The minimum Gasteiger partial charge on any atom is -0.444 e. The molecule has 14 nitrogen and oxygen atoms in total. The Morgan fingerprint density at radius 1 is 0.500 bits per heavy atom. The summed E-state index contributed by atoms with van der Waals surface area (Å²) in [4.78, 5) is 71.1. The van der Waals surface area contributed by atoms with E-state index in [1.165, 1.54) is 0 Å². The number of ether oxygens (including phenoxy) is 2. The first kappa shape index (κ1) is 52.4. The van der Waals surface area contributed by atoms with Gasteiger partial charge in [-0.25, -0.2) is 9.59 Å². The maximum Gasteiger partial charge on any atom is 0.412 e. The SMILES string of the molecule is CCC(=O)CCCCCCCC(=O)c1cc(-c2ccc(NC(=O)OC(C)(C)C)cc2)on1.CCC(=O)CCCCCCCC(=O)c1cc(-c2cccc(NC(=O)OC(C)(C)C)c2)on1. The highest BCUT2D eigenvalue weighted by molar-refractivity contribution is 5.95. The second kappa shape index (κ2) is 26.6. The van der Waals surface area contributed by atoms with E-state index in [9.17, 15) is 28.8 Å². The van der Waals surface area contributed by atoms with E-state index in [4.69, 9.17) is 18.5 Å². The summed E-state index contributed by atoms with van der Waals surface area (Å²) in [6, 6.07) is 17.4.